The number of carbonyl (C=O) groups is 2. The van der Waals surface area contributed by atoms with E-state index >= 15 is 0 Å². The monoisotopic (exact) mass is 306 g/mol. The van der Waals surface area contributed by atoms with Gasteiger partial charge >= 0.3 is 0 Å². The number of hydrogen-bond donors (Lipinski definition) is 1. The van der Waals surface area contributed by atoms with Gasteiger partial charge in [0.15, 0.2) is 0 Å². The number of amides is 2. The lowest BCUT2D eigenvalue weighted by Gasteiger charge is -2.33. The molecule has 2 amide bonds. The summed E-state index contributed by atoms with van der Waals surface area (Å²) in [6, 6.07) is 4.10. The molecule has 0 bridgehead atoms. The topological polar surface area (TPSA) is 58.6 Å². The van der Waals surface area contributed by atoms with Crippen LogP contribution < -0.4 is 5.32 Å². The van der Waals surface area contributed by atoms with E-state index in [1.54, 1.807) is 12.1 Å². The third-order valence-corrected chi connectivity index (χ3v) is 4.12. The Balaban J connectivity index is 1.70. The standard InChI is InChI=1S/C16H19FN2O3/c1-10(20)19-6-7-22-9-15(19)16(21)18-12-4-5-13(11-2-3-11)14(17)8-12/h4-5,8,11,15H,2-3,6-7,9H2,1H3,(H,18,21). The molecule has 1 saturated carbocycles. The Kier molecular flexibility index (Phi) is 4.11. The minimum atomic E-state index is -0.669. The predicted molar refractivity (Wildman–Crippen MR) is 79.0 cm³/mol. The smallest absolute Gasteiger partial charge is 0.249 e. The van der Waals surface area contributed by atoms with Crippen molar-refractivity contribution in [3.05, 3.63) is 29.6 Å². The van der Waals surface area contributed by atoms with Crippen LogP contribution in [0.5, 0.6) is 0 Å². The van der Waals surface area contributed by atoms with Gasteiger partial charge in [0.2, 0.25) is 11.8 Å². The maximum atomic E-state index is 14.0. The maximum absolute atomic E-state index is 14.0. The lowest BCUT2D eigenvalue weighted by atomic mass is 10.1. The van der Waals surface area contributed by atoms with Crippen LogP contribution in [0.25, 0.3) is 0 Å². The Bertz CT molecular complexity index is 601. The Morgan fingerprint density at radius 3 is 2.77 bits per heavy atom. The van der Waals surface area contributed by atoms with E-state index in [2.05, 4.69) is 5.32 Å². The minimum Gasteiger partial charge on any atom is -0.377 e. The Labute approximate surface area is 128 Å². The molecule has 1 aromatic carbocycles. The molecule has 3 rings (SSSR count). The second-order valence-corrected chi connectivity index (χ2v) is 5.80. The summed E-state index contributed by atoms with van der Waals surface area (Å²) in [5.41, 5.74) is 1.12. The molecule has 1 N–H and O–H groups in total. The predicted octanol–water partition coefficient (Wildman–Crippen LogP) is 1.89. The molecule has 22 heavy (non-hydrogen) atoms. The summed E-state index contributed by atoms with van der Waals surface area (Å²) in [6.07, 6.45) is 2.05. The van der Waals surface area contributed by atoms with Gasteiger partial charge in [0, 0.05) is 19.2 Å². The van der Waals surface area contributed by atoms with E-state index in [0.29, 0.717) is 30.3 Å². The average molecular weight is 306 g/mol. The number of anilines is 1. The zero-order valence-corrected chi connectivity index (χ0v) is 12.5. The van der Waals surface area contributed by atoms with Crippen molar-refractivity contribution in [2.75, 3.05) is 25.1 Å². The molecule has 1 atom stereocenters. The number of benzene rings is 1. The van der Waals surface area contributed by atoms with Crippen molar-refractivity contribution in [3.8, 4) is 0 Å². The fourth-order valence-electron chi connectivity index (χ4n) is 2.75. The number of morpholine rings is 1. The van der Waals surface area contributed by atoms with Crippen molar-refractivity contribution < 1.29 is 18.7 Å². The summed E-state index contributed by atoms with van der Waals surface area (Å²) in [6.45, 7) is 2.40. The number of hydrogen-bond acceptors (Lipinski definition) is 3. The summed E-state index contributed by atoms with van der Waals surface area (Å²) in [5, 5.41) is 2.67. The van der Waals surface area contributed by atoms with Crippen LogP contribution >= 0.6 is 0 Å². The Morgan fingerprint density at radius 1 is 1.36 bits per heavy atom. The van der Waals surface area contributed by atoms with E-state index in [1.807, 2.05) is 0 Å². The zero-order valence-electron chi connectivity index (χ0n) is 12.5. The van der Waals surface area contributed by atoms with Crippen LogP contribution in [0.4, 0.5) is 10.1 Å². The molecule has 6 heteroatoms. The molecule has 0 spiro atoms. The third kappa shape index (κ3) is 3.11. The summed E-state index contributed by atoms with van der Waals surface area (Å²) in [5.74, 6) is -0.486. The van der Waals surface area contributed by atoms with Crippen molar-refractivity contribution >= 4 is 17.5 Å². The van der Waals surface area contributed by atoms with E-state index in [4.69, 9.17) is 4.74 Å². The first-order chi connectivity index (χ1) is 10.6. The van der Waals surface area contributed by atoms with Gasteiger partial charge in [-0.05, 0) is 36.5 Å². The van der Waals surface area contributed by atoms with E-state index < -0.39 is 6.04 Å². The second kappa shape index (κ2) is 6.04. The molecular weight excluding hydrogens is 287 g/mol. The van der Waals surface area contributed by atoms with Crippen LogP contribution in [0.15, 0.2) is 18.2 Å². The summed E-state index contributed by atoms with van der Waals surface area (Å²) in [4.78, 5) is 25.4. The highest BCUT2D eigenvalue weighted by molar-refractivity contribution is 5.97. The van der Waals surface area contributed by atoms with Crippen LogP contribution in [0.1, 0.15) is 31.2 Å². The quantitative estimate of drug-likeness (QED) is 0.928. The van der Waals surface area contributed by atoms with Crippen LogP contribution in [0, 0.1) is 5.82 Å². The number of nitrogens with zero attached hydrogens (tertiary/aromatic N) is 1. The van der Waals surface area contributed by atoms with Crippen LogP contribution in [-0.4, -0.2) is 42.5 Å². The molecule has 0 aromatic heterocycles. The van der Waals surface area contributed by atoms with Gasteiger partial charge in [-0.1, -0.05) is 6.07 Å². The molecular formula is C16H19FN2O3. The second-order valence-electron chi connectivity index (χ2n) is 5.80. The van der Waals surface area contributed by atoms with Gasteiger partial charge in [0.1, 0.15) is 11.9 Å². The number of carbonyl (C=O) groups excluding carboxylic acids is 2. The van der Waals surface area contributed by atoms with E-state index in [0.717, 1.165) is 12.8 Å². The molecule has 2 fully saturated rings. The van der Waals surface area contributed by atoms with E-state index in [-0.39, 0.29) is 24.2 Å². The number of rotatable bonds is 3. The lowest BCUT2D eigenvalue weighted by Crippen LogP contribution is -2.53. The third-order valence-electron chi connectivity index (χ3n) is 4.12. The van der Waals surface area contributed by atoms with Crippen molar-refractivity contribution in [2.24, 2.45) is 0 Å². The van der Waals surface area contributed by atoms with E-state index in [9.17, 15) is 14.0 Å². The molecule has 1 aliphatic heterocycles. The number of ether oxygens (including phenoxy) is 1. The van der Waals surface area contributed by atoms with Gasteiger partial charge in [-0.2, -0.15) is 0 Å². The fraction of sp³-hybridized carbons (Fsp3) is 0.500. The van der Waals surface area contributed by atoms with Crippen LogP contribution in [-0.2, 0) is 14.3 Å². The lowest BCUT2D eigenvalue weighted by molar-refractivity contribution is -0.144. The molecule has 1 heterocycles. The molecule has 1 saturated heterocycles. The average Bonchev–Trinajstić information content (AvgIpc) is 3.32. The number of halogens is 1. The largest absolute Gasteiger partial charge is 0.377 e. The molecule has 5 nitrogen and oxygen atoms in total. The molecule has 1 aliphatic carbocycles. The molecule has 118 valence electrons. The highest BCUT2D eigenvalue weighted by Gasteiger charge is 2.31. The molecule has 1 unspecified atom stereocenters. The minimum absolute atomic E-state index is 0.161. The fourth-order valence-corrected chi connectivity index (χ4v) is 2.75. The number of nitrogens with one attached hydrogen (secondary N) is 1. The Hall–Kier alpha value is -1.95. The molecule has 1 aromatic rings. The maximum Gasteiger partial charge on any atom is 0.249 e. The Morgan fingerprint density at radius 2 is 2.14 bits per heavy atom. The summed E-state index contributed by atoms with van der Waals surface area (Å²) < 4.78 is 19.3. The highest BCUT2D eigenvalue weighted by atomic mass is 19.1. The first-order valence-corrected chi connectivity index (χ1v) is 7.51. The first kappa shape index (κ1) is 15.0. The SMILES string of the molecule is CC(=O)N1CCOCC1C(=O)Nc1ccc(C2CC2)c(F)c1. The van der Waals surface area contributed by atoms with Gasteiger partial charge < -0.3 is 15.0 Å². The zero-order chi connectivity index (χ0) is 15.7. The first-order valence-electron chi connectivity index (χ1n) is 7.51. The highest BCUT2D eigenvalue weighted by Crippen LogP contribution is 2.41. The summed E-state index contributed by atoms with van der Waals surface area (Å²) in [7, 11) is 0. The van der Waals surface area contributed by atoms with Crippen molar-refractivity contribution in [1.82, 2.24) is 4.90 Å². The van der Waals surface area contributed by atoms with Gasteiger partial charge in [0.25, 0.3) is 0 Å². The molecule has 2 aliphatic rings. The van der Waals surface area contributed by atoms with Gasteiger partial charge in [-0.25, -0.2) is 4.39 Å². The van der Waals surface area contributed by atoms with Crippen molar-refractivity contribution in [1.29, 1.82) is 0 Å². The van der Waals surface area contributed by atoms with Gasteiger partial charge in [-0.3, -0.25) is 9.59 Å². The van der Waals surface area contributed by atoms with Crippen molar-refractivity contribution in [3.63, 3.8) is 0 Å². The van der Waals surface area contributed by atoms with Crippen molar-refractivity contribution in [2.45, 2.75) is 31.7 Å². The summed E-state index contributed by atoms with van der Waals surface area (Å²) >= 11 is 0. The van der Waals surface area contributed by atoms with Gasteiger partial charge in [0.05, 0.1) is 13.2 Å². The van der Waals surface area contributed by atoms with Crippen LogP contribution in [0.2, 0.25) is 0 Å². The normalized spacial score (nSPS) is 21.5. The van der Waals surface area contributed by atoms with E-state index in [1.165, 1.54) is 17.9 Å². The van der Waals surface area contributed by atoms with Crippen LogP contribution in [0.3, 0.4) is 0 Å². The van der Waals surface area contributed by atoms with Gasteiger partial charge in [-0.15, -0.1) is 0 Å². The molecule has 0 radical (unpaired) electrons.